The lowest BCUT2D eigenvalue weighted by Gasteiger charge is -2.10. The molecule has 0 amide bonds. The van der Waals surface area contributed by atoms with Crippen LogP contribution in [0, 0.1) is 0 Å². The molecule has 29 heavy (non-hydrogen) atoms. The third-order valence-electron chi connectivity index (χ3n) is 5.22. The van der Waals surface area contributed by atoms with Crippen molar-refractivity contribution in [2.24, 2.45) is 0 Å². The Morgan fingerprint density at radius 3 is 2.76 bits per heavy atom. The molecule has 0 atom stereocenters. The minimum absolute atomic E-state index is 0.382. The number of aromatic nitrogens is 5. The molecular formula is C22H20ClN5O. The summed E-state index contributed by atoms with van der Waals surface area (Å²) in [5.41, 5.74) is 5.30. The first-order chi connectivity index (χ1) is 14.2. The van der Waals surface area contributed by atoms with Gasteiger partial charge in [-0.3, -0.25) is 0 Å². The fraction of sp³-hybridized carbons (Fsp3) is 0.227. The molecule has 2 aromatic carbocycles. The van der Waals surface area contributed by atoms with Crippen molar-refractivity contribution in [1.82, 2.24) is 24.3 Å². The topological polar surface area (TPSA) is 57.8 Å². The third-order valence-corrected chi connectivity index (χ3v) is 5.46. The molecule has 0 N–H and O–H groups in total. The van der Waals surface area contributed by atoms with Gasteiger partial charge in [-0.15, -0.1) is 10.2 Å². The predicted molar refractivity (Wildman–Crippen MR) is 111 cm³/mol. The molecule has 0 spiro atoms. The highest BCUT2D eigenvalue weighted by Crippen LogP contribution is 2.34. The predicted octanol–water partition coefficient (Wildman–Crippen LogP) is 4.43. The Labute approximate surface area is 173 Å². The van der Waals surface area contributed by atoms with E-state index in [9.17, 15) is 0 Å². The Balaban J connectivity index is 1.53. The van der Waals surface area contributed by atoms with E-state index >= 15 is 0 Å². The van der Waals surface area contributed by atoms with Gasteiger partial charge in [-0.25, -0.2) is 4.98 Å². The van der Waals surface area contributed by atoms with Crippen molar-refractivity contribution in [1.29, 1.82) is 0 Å². The van der Waals surface area contributed by atoms with Gasteiger partial charge in [0.15, 0.2) is 11.6 Å². The minimum Gasteiger partial charge on any atom is -0.369 e. The molecule has 4 aromatic rings. The molecule has 0 bridgehead atoms. The Bertz CT molecular complexity index is 1170. The summed E-state index contributed by atoms with van der Waals surface area (Å²) < 4.78 is 10.2. The van der Waals surface area contributed by atoms with Gasteiger partial charge in [0.2, 0.25) is 0 Å². The quantitative estimate of drug-likeness (QED) is 0.434. The summed E-state index contributed by atoms with van der Waals surface area (Å²) in [6.07, 6.45) is 2.74. The summed E-state index contributed by atoms with van der Waals surface area (Å²) in [5, 5.41) is 9.58. The summed E-state index contributed by atoms with van der Waals surface area (Å²) in [7, 11) is 0. The molecule has 1 aliphatic heterocycles. The van der Waals surface area contributed by atoms with Gasteiger partial charge in [-0.1, -0.05) is 48.9 Å². The first-order valence-corrected chi connectivity index (χ1v) is 10.0. The van der Waals surface area contributed by atoms with Gasteiger partial charge >= 0.3 is 0 Å². The van der Waals surface area contributed by atoms with Gasteiger partial charge in [0.05, 0.1) is 36.6 Å². The number of hydrogen-bond acceptors (Lipinski definition) is 4. The highest BCUT2D eigenvalue weighted by atomic mass is 35.5. The maximum atomic E-state index is 6.31. The van der Waals surface area contributed by atoms with E-state index in [1.54, 1.807) is 0 Å². The lowest BCUT2D eigenvalue weighted by molar-refractivity contribution is 0.0994. The van der Waals surface area contributed by atoms with Gasteiger partial charge in [-0.05, 0) is 30.2 Å². The van der Waals surface area contributed by atoms with Gasteiger partial charge in [0.1, 0.15) is 6.61 Å². The SMILES string of the molecule is CCc1ncn2c1Cn1c(COCc3ccccc3)nnc1-c1cc(Cl)ccc1-2. The van der Waals surface area contributed by atoms with Crippen LogP contribution in [0.4, 0.5) is 0 Å². The van der Waals surface area contributed by atoms with Crippen molar-refractivity contribution in [3.63, 3.8) is 0 Å². The zero-order valence-corrected chi connectivity index (χ0v) is 16.8. The largest absolute Gasteiger partial charge is 0.369 e. The molecule has 5 rings (SSSR count). The van der Waals surface area contributed by atoms with E-state index in [4.69, 9.17) is 16.3 Å². The van der Waals surface area contributed by atoms with Gasteiger partial charge in [0.25, 0.3) is 0 Å². The lowest BCUT2D eigenvalue weighted by atomic mass is 10.1. The summed E-state index contributed by atoms with van der Waals surface area (Å²) in [6, 6.07) is 16.0. The molecule has 0 radical (unpaired) electrons. The first-order valence-electron chi connectivity index (χ1n) is 9.63. The molecule has 7 heteroatoms. The number of imidazole rings is 1. The minimum atomic E-state index is 0.382. The van der Waals surface area contributed by atoms with Crippen molar-refractivity contribution in [3.05, 3.63) is 82.7 Å². The molecule has 0 aliphatic carbocycles. The molecule has 0 saturated heterocycles. The second-order valence-electron chi connectivity index (χ2n) is 7.03. The normalized spacial score (nSPS) is 12.2. The highest BCUT2D eigenvalue weighted by molar-refractivity contribution is 6.31. The number of fused-ring (bicyclic) bond motifs is 5. The summed E-state index contributed by atoms with van der Waals surface area (Å²) in [6.45, 7) is 3.67. The molecule has 6 nitrogen and oxygen atoms in total. The maximum Gasteiger partial charge on any atom is 0.166 e. The molecule has 1 aliphatic rings. The average Bonchev–Trinajstić information content (AvgIpc) is 3.30. The van der Waals surface area contributed by atoms with Crippen molar-refractivity contribution in [2.45, 2.75) is 33.1 Å². The van der Waals surface area contributed by atoms with E-state index < -0.39 is 0 Å². The van der Waals surface area contributed by atoms with Crippen molar-refractivity contribution < 1.29 is 4.74 Å². The van der Waals surface area contributed by atoms with Crippen LogP contribution in [0.2, 0.25) is 5.02 Å². The van der Waals surface area contributed by atoms with Crippen molar-refractivity contribution in [3.8, 4) is 17.1 Å². The van der Waals surface area contributed by atoms with E-state index in [-0.39, 0.29) is 0 Å². The molecular weight excluding hydrogens is 386 g/mol. The van der Waals surface area contributed by atoms with Crippen LogP contribution in [0.5, 0.6) is 0 Å². The molecule has 146 valence electrons. The van der Waals surface area contributed by atoms with E-state index in [1.807, 2.05) is 42.7 Å². The number of benzene rings is 2. The van der Waals surface area contributed by atoms with Crippen LogP contribution in [0.15, 0.2) is 54.9 Å². The zero-order valence-electron chi connectivity index (χ0n) is 16.0. The Hall–Kier alpha value is -2.96. The van der Waals surface area contributed by atoms with Crippen LogP contribution in [-0.2, 0) is 30.9 Å². The van der Waals surface area contributed by atoms with E-state index in [2.05, 4.69) is 43.4 Å². The number of hydrogen-bond donors (Lipinski definition) is 0. The van der Waals surface area contributed by atoms with Gasteiger partial charge in [-0.2, -0.15) is 0 Å². The molecule has 0 unspecified atom stereocenters. The lowest BCUT2D eigenvalue weighted by Crippen LogP contribution is -2.10. The number of nitrogens with zero attached hydrogens (tertiary/aromatic N) is 5. The standard InChI is InChI=1S/C22H20ClN5O/c1-2-18-20-11-27-21(13-29-12-15-6-4-3-5-7-15)25-26-22(27)17-10-16(23)8-9-19(17)28(20)14-24-18/h3-10,14H,2,11-13H2,1H3. The van der Waals surface area contributed by atoms with E-state index in [0.717, 1.165) is 46.3 Å². The molecule has 2 aromatic heterocycles. The maximum absolute atomic E-state index is 6.31. The fourth-order valence-corrected chi connectivity index (χ4v) is 3.94. The van der Waals surface area contributed by atoms with Crippen molar-refractivity contribution in [2.75, 3.05) is 0 Å². The van der Waals surface area contributed by atoms with Crippen LogP contribution in [0.1, 0.15) is 29.7 Å². The van der Waals surface area contributed by atoms with Gasteiger partial charge in [0, 0.05) is 10.6 Å². The zero-order chi connectivity index (χ0) is 19.8. The first kappa shape index (κ1) is 18.1. The number of rotatable bonds is 5. The summed E-state index contributed by atoms with van der Waals surface area (Å²) in [4.78, 5) is 4.61. The van der Waals surface area contributed by atoms with Crippen LogP contribution in [0.3, 0.4) is 0 Å². The fourth-order valence-electron chi connectivity index (χ4n) is 3.77. The third kappa shape index (κ3) is 3.24. The second kappa shape index (κ2) is 7.46. The van der Waals surface area contributed by atoms with Crippen LogP contribution >= 0.6 is 11.6 Å². The molecule has 0 saturated carbocycles. The van der Waals surface area contributed by atoms with Crippen LogP contribution in [-0.4, -0.2) is 24.3 Å². The number of ether oxygens (including phenoxy) is 1. The Morgan fingerprint density at radius 2 is 1.93 bits per heavy atom. The van der Waals surface area contributed by atoms with E-state index in [0.29, 0.717) is 24.8 Å². The summed E-state index contributed by atoms with van der Waals surface area (Å²) >= 11 is 6.31. The number of halogens is 1. The number of aryl methyl sites for hydroxylation is 1. The molecule has 0 fully saturated rings. The smallest absolute Gasteiger partial charge is 0.166 e. The monoisotopic (exact) mass is 405 g/mol. The van der Waals surface area contributed by atoms with Crippen molar-refractivity contribution >= 4 is 11.6 Å². The highest BCUT2D eigenvalue weighted by Gasteiger charge is 2.25. The van der Waals surface area contributed by atoms with E-state index in [1.165, 1.54) is 0 Å². The second-order valence-corrected chi connectivity index (χ2v) is 7.46. The summed E-state index contributed by atoms with van der Waals surface area (Å²) in [5.74, 6) is 1.59. The Kier molecular flexibility index (Phi) is 4.66. The average molecular weight is 406 g/mol. The van der Waals surface area contributed by atoms with Gasteiger partial charge < -0.3 is 13.9 Å². The molecule has 3 heterocycles. The Morgan fingerprint density at radius 1 is 1.07 bits per heavy atom. The van der Waals surface area contributed by atoms with Crippen LogP contribution < -0.4 is 0 Å². The van der Waals surface area contributed by atoms with Crippen LogP contribution in [0.25, 0.3) is 17.1 Å².